The molecule has 1 fully saturated rings. The number of hydrogen-bond acceptors (Lipinski definition) is 3. The minimum Gasteiger partial charge on any atom is -0.341 e. The summed E-state index contributed by atoms with van der Waals surface area (Å²) in [4.78, 5) is 2.55. The van der Waals surface area contributed by atoms with Crippen LogP contribution in [0, 0.1) is 0 Å². The second-order valence-corrected chi connectivity index (χ2v) is 7.53. The summed E-state index contributed by atoms with van der Waals surface area (Å²) in [5.74, 6) is 0. The molecule has 0 bridgehead atoms. The van der Waals surface area contributed by atoms with E-state index in [1.165, 1.54) is 40.2 Å². The maximum absolute atomic E-state index is 4.21. The summed E-state index contributed by atoms with van der Waals surface area (Å²) < 4.78 is 4.43. The Morgan fingerprint density at radius 2 is 1.96 bits per heavy atom. The van der Waals surface area contributed by atoms with Crippen molar-refractivity contribution in [2.24, 2.45) is 0 Å². The van der Waals surface area contributed by atoms with E-state index < -0.39 is 0 Å². The van der Waals surface area contributed by atoms with E-state index in [2.05, 4.69) is 69.2 Å². The second-order valence-electron chi connectivity index (χ2n) is 7.53. The first kappa shape index (κ1) is 16.5. The number of piperidine rings is 1. The summed E-state index contributed by atoms with van der Waals surface area (Å²) in [6.45, 7) is 6.40. The lowest BCUT2D eigenvalue weighted by molar-refractivity contribution is 0.162. The predicted molar refractivity (Wildman–Crippen MR) is 109 cm³/mol. The van der Waals surface area contributed by atoms with Gasteiger partial charge >= 0.3 is 0 Å². The van der Waals surface area contributed by atoms with Crippen molar-refractivity contribution >= 4 is 21.8 Å². The van der Waals surface area contributed by atoms with Crippen molar-refractivity contribution in [1.29, 1.82) is 0 Å². The Morgan fingerprint density at radius 3 is 2.81 bits per heavy atom. The van der Waals surface area contributed by atoms with Crippen LogP contribution in [0.25, 0.3) is 21.8 Å². The fraction of sp³-hybridized carbons (Fsp3) is 0.364. The lowest BCUT2D eigenvalue weighted by Crippen LogP contribution is -2.36. The molecule has 1 saturated heterocycles. The van der Waals surface area contributed by atoms with E-state index in [1.807, 2.05) is 10.9 Å². The Kier molecular flexibility index (Phi) is 4.17. The molecule has 2 aromatic heterocycles. The molecule has 0 amide bonds. The Morgan fingerprint density at radius 1 is 1.07 bits per heavy atom. The van der Waals surface area contributed by atoms with Gasteiger partial charge in [-0.25, -0.2) is 4.68 Å². The molecular formula is C22H25N5. The van der Waals surface area contributed by atoms with Crippen LogP contribution < -0.4 is 0 Å². The molecular weight excluding hydrogens is 334 g/mol. The van der Waals surface area contributed by atoms with Gasteiger partial charge in [0.05, 0.1) is 12.2 Å². The normalized spacial score (nSPS) is 18.5. The van der Waals surface area contributed by atoms with E-state index >= 15 is 0 Å². The zero-order chi connectivity index (χ0) is 18.2. The van der Waals surface area contributed by atoms with Gasteiger partial charge < -0.3 is 4.57 Å². The third-order valence-corrected chi connectivity index (χ3v) is 5.85. The number of hydrogen-bond donors (Lipinski definition) is 0. The molecule has 5 heteroatoms. The van der Waals surface area contributed by atoms with Crippen molar-refractivity contribution in [1.82, 2.24) is 24.5 Å². The Hall–Kier alpha value is -2.66. The standard InChI is InChI=1S/C22H25N5/c1-2-26-21-8-4-3-7-19(21)20-14-17(9-10-22(20)26)15-25-12-5-6-18(16-25)27-13-11-23-24-27/h3-4,7-11,13-14,18H,2,5-6,12,15-16H2,1H3. The predicted octanol–water partition coefficient (Wildman–Crippen LogP) is 4.24. The highest BCUT2D eigenvalue weighted by atomic mass is 15.4. The molecule has 5 nitrogen and oxygen atoms in total. The molecule has 4 aromatic rings. The third kappa shape index (κ3) is 2.92. The van der Waals surface area contributed by atoms with Crippen molar-refractivity contribution < 1.29 is 0 Å². The molecule has 2 aromatic carbocycles. The van der Waals surface area contributed by atoms with Gasteiger partial charge in [-0.2, -0.15) is 0 Å². The highest BCUT2D eigenvalue weighted by Gasteiger charge is 2.22. The highest BCUT2D eigenvalue weighted by molar-refractivity contribution is 6.08. The summed E-state index contributed by atoms with van der Waals surface area (Å²) >= 11 is 0. The van der Waals surface area contributed by atoms with Gasteiger partial charge in [0.25, 0.3) is 0 Å². The summed E-state index contributed by atoms with van der Waals surface area (Å²) in [6, 6.07) is 16.2. The van der Waals surface area contributed by atoms with E-state index in [0.717, 1.165) is 26.2 Å². The average molecular weight is 359 g/mol. The molecule has 0 spiro atoms. The van der Waals surface area contributed by atoms with E-state index in [1.54, 1.807) is 6.20 Å². The summed E-state index contributed by atoms with van der Waals surface area (Å²) in [6.07, 6.45) is 6.15. The number of nitrogens with zero attached hydrogens (tertiary/aromatic N) is 5. The fourth-order valence-corrected chi connectivity index (χ4v) is 4.60. The molecule has 1 aliphatic heterocycles. The van der Waals surface area contributed by atoms with Crippen molar-refractivity contribution in [3.63, 3.8) is 0 Å². The summed E-state index contributed by atoms with van der Waals surface area (Å²) in [5.41, 5.74) is 4.05. The largest absolute Gasteiger partial charge is 0.341 e. The Bertz CT molecular complexity index is 1060. The van der Waals surface area contributed by atoms with Gasteiger partial charge in [-0.3, -0.25) is 4.90 Å². The lowest BCUT2D eigenvalue weighted by Gasteiger charge is -2.32. The van der Waals surface area contributed by atoms with Crippen LogP contribution in [0.1, 0.15) is 31.4 Å². The molecule has 1 unspecified atom stereocenters. The van der Waals surface area contributed by atoms with Crippen LogP contribution >= 0.6 is 0 Å². The first-order valence-electron chi connectivity index (χ1n) is 9.91. The summed E-state index contributed by atoms with van der Waals surface area (Å²) in [5, 5.41) is 10.9. The highest BCUT2D eigenvalue weighted by Crippen LogP contribution is 2.30. The minimum atomic E-state index is 0.437. The van der Waals surface area contributed by atoms with E-state index in [4.69, 9.17) is 0 Å². The van der Waals surface area contributed by atoms with Crippen molar-refractivity contribution in [3.05, 3.63) is 60.4 Å². The molecule has 1 atom stereocenters. The molecule has 0 aliphatic carbocycles. The quantitative estimate of drug-likeness (QED) is 0.547. The monoisotopic (exact) mass is 359 g/mol. The molecule has 0 radical (unpaired) electrons. The fourth-order valence-electron chi connectivity index (χ4n) is 4.60. The molecule has 0 N–H and O–H groups in total. The zero-order valence-electron chi connectivity index (χ0n) is 15.8. The molecule has 5 rings (SSSR count). The van der Waals surface area contributed by atoms with Crippen LogP contribution in [-0.2, 0) is 13.1 Å². The van der Waals surface area contributed by atoms with Gasteiger partial charge in [0.15, 0.2) is 0 Å². The van der Waals surface area contributed by atoms with Gasteiger partial charge in [-0.1, -0.05) is 29.5 Å². The number of rotatable bonds is 4. The third-order valence-electron chi connectivity index (χ3n) is 5.85. The first-order valence-corrected chi connectivity index (χ1v) is 9.91. The van der Waals surface area contributed by atoms with Crippen LogP contribution in [0.15, 0.2) is 54.9 Å². The van der Waals surface area contributed by atoms with Crippen LogP contribution in [0.5, 0.6) is 0 Å². The summed E-state index contributed by atoms with van der Waals surface area (Å²) in [7, 11) is 0. The van der Waals surface area contributed by atoms with E-state index in [-0.39, 0.29) is 0 Å². The molecule has 1 aliphatic rings. The lowest BCUT2D eigenvalue weighted by atomic mass is 10.0. The molecule has 27 heavy (non-hydrogen) atoms. The van der Waals surface area contributed by atoms with Crippen molar-refractivity contribution in [3.8, 4) is 0 Å². The Labute approximate surface area is 159 Å². The van der Waals surface area contributed by atoms with E-state index in [0.29, 0.717) is 6.04 Å². The maximum atomic E-state index is 4.21. The SMILES string of the molecule is CCn1c2ccccc2c2cc(CN3CCCC(n4ccnn4)C3)ccc21. The van der Waals surface area contributed by atoms with Gasteiger partial charge in [-0.15, -0.1) is 5.10 Å². The number of fused-ring (bicyclic) bond motifs is 3. The number of likely N-dealkylation sites (tertiary alicyclic amines) is 1. The smallest absolute Gasteiger partial charge is 0.0693 e. The van der Waals surface area contributed by atoms with Crippen LogP contribution in [0.3, 0.4) is 0 Å². The topological polar surface area (TPSA) is 38.9 Å². The number of para-hydroxylation sites is 1. The number of benzene rings is 2. The van der Waals surface area contributed by atoms with Crippen LogP contribution in [0.4, 0.5) is 0 Å². The maximum Gasteiger partial charge on any atom is 0.0693 e. The number of aryl methyl sites for hydroxylation is 1. The van der Waals surface area contributed by atoms with Gasteiger partial charge in [0.1, 0.15) is 0 Å². The van der Waals surface area contributed by atoms with Gasteiger partial charge in [0, 0.05) is 47.6 Å². The molecule has 3 heterocycles. The average Bonchev–Trinajstić information content (AvgIpc) is 3.34. The first-order chi connectivity index (χ1) is 13.3. The van der Waals surface area contributed by atoms with Crippen molar-refractivity contribution in [2.45, 2.75) is 38.9 Å². The van der Waals surface area contributed by atoms with Gasteiger partial charge in [-0.05, 0) is 50.1 Å². The van der Waals surface area contributed by atoms with Crippen LogP contribution in [-0.4, -0.2) is 37.6 Å². The Balaban J connectivity index is 1.44. The van der Waals surface area contributed by atoms with Crippen LogP contribution in [0.2, 0.25) is 0 Å². The minimum absolute atomic E-state index is 0.437. The number of aromatic nitrogens is 4. The van der Waals surface area contributed by atoms with Crippen molar-refractivity contribution in [2.75, 3.05) is 13.1 Å². The van der Waals surface area contributed by atoms with Gasteiger partial charge in [0.2, 0.25) is 0 Å². The molecule has 138 valence electrons. The second kappa shape index (κ2) is 6.82. The zero-order valence-corrected chi connectivity index (χ0v) is 15.8. The molecule has 0 saturated carbocycles. The van der Waals surface area contributed by atoms with E-state index in [9.17, 15) is 0 Å².